The van der Waals surface area contributed by atoms with Crippen LogP contribution in [0.5, 0.6) is 5.75 Å². The summed E-state index contributed by atoms with van der Waals surface area (Å²) >= 11 is 0. The van der Waals surface area contributed by atoms with Crippen LogP contribution in [0.3, 0.4) is 0 Å². The summed E-state index contributed by atoms with van der Waals surface area (Å²) in [6, 6.07) is 14.6. The van der Waals surface area contributed by atoms with Gasteiger partial charge in [0.05, 0.1) is 0 Å². The Hall–Kier alpha value is -2.11. The fourth-order valence-corrected chi connectivity index (χ4v) is 3.68. The summed E-state index contributed by atoms with van der Waals surface area (Å²) in [5, 5.41) is 0. The number of rotatable bonds is 3. The van der Waals surface area contributed by atoms with Gasteiger partial charge >= 0.3 is 10.1 Å². The maximum atomic E-state index is 12.4. The average molecular weight is 316 g/mol. The van der Waals surface area contributed by atoms with Crippen molar-refractivity contribution >= 4 is 16.2 Å². The second-order valence-corrected chi connectivity index (χ2v) is 6.69. The van der Waals surface area contributed by atoms with Gasteiger partial charge in [0, 0.05) is 12.7 Å². The summed E-state index contributed by atoms with van der Waals surface area (Å²) in [5.41, 5.74) is 2.59. The van der Waals surface area contributed by atoms with Crippen LogP contribution in [0.4, 0.5) is 0 Å². The molecule has 1 atom stereocenters. The van der Waals surface area contributed by atoms with Gasteiger partial charge in [-0.05, 0) is 24.6 Å². The van der Waals surface area contributed by atoms with E-state index in [1.54, 1.807) is 18.2 Å². The number of ether oxygens (including phenoxy) is 1. The molecule has 5 heteroatoms. The van der Waals surface area contributed by atoms with Crippen molar-refractivity contribution in [2.24, 2.45) is 0 Å². The number of hydrogen-bond donors (Lipinski definition) is 0. The van der Waals surface area contributed by atoms with Crippen molar-refractivity contribution in [3.63, 3.8) is 0 Å². The van der Waals surface area contributed by atoms with Gasteiger partial charge in [0.15, 0.2) is 0 Å². The molecule has 2 aromatic carbocycles. The molecule has 1 heterocycles. The van der Waals surface area contributed by atoms with Gasteiger partial charge < -0.3 is 8.92 Å². The first kappa shape index (κ1) is 14.8. The lowest BCUT2D eigenvalue weighted by atomic mass is 10.1. The molecule has 0 radical (unpaired) electrons. The predicted octanol–water partition coefficient (Wildman–Crippen LogP) is 3.45. The van der Waals surface area contributed by atoms with Crippen molar-refractivity contribution in [1.29, 1.82) is 0 Å². The van der Waals surface area contributed by atoms with Gasteiger partial charge in [0.2, 0.25) is 0 Å². The molecule has 0 bridgehead atoms. The molecule has 0 aliphatic carbocycles. The second-order valence-electron chi connectivity index (χ2n) is 5.15. The SMILES string of the molecule is COC(C1=Cc2ccccc2OS1(=O)=O)c1ccc(C)cc1. The summed E-state index contributed by atoms with van der Waals surface area (Å²) < 4.78 is 35.5. The predicted molar refractivity (Wildman–Crippen MR) is 84.9 cm³/mol. The van der Waals surface area contributed by atoms with Gasteiger partial charge in [-0.3, -0.25) is 0 Å². The molecule has 0 fully saturated rings. The van der Waals surface area contributed by atoms with Crippen LogP contribution >= 0.6 is 0 Å². The standard InChI is InChI=1S/C17H16O4S/c1-12-7-9-13(10-8-12)17(20-2)16-11-14-5-3-4-6-15(14)21-22(16,18)19/h3-11,17H,1-2H3. The Kier molecular flexibility index (Phi) is 3.76. The summed E-state index contributed by atoms with van der Waals surface area (Å²) in [5.74, 6) is 0.338. The monoisotopic (exact) mass is 316 g/mol. The summed E-state index contributed by atoms with van der Waals surface area (Å²) in [6.07, 6.45) is 0.918. The number of benzene rings is 2. The fourth-order valence-electron chi connectivity index (χ4n) is 2.43. The van der Waals surface area contributed by atoms with Gasteiger partial charge in [0.25, 0.3) is 0 Å². The average Bonchev–Trinajstić information content (AvgIpc) is 2.49. The largest absolute Gasteiger partial charge is 0.378 e. The van der Waals surface area contributed by atoms with Crippen LogP contribution in [-0.2, 0) is 14.9 Å². The molecule has 0 aromatic heterocycles. The highest BCUT2D eigenvalue weighted by molar-refractivity contribution is 7.91. The number of hydrogen-bond acceptors (Lipinski definition) is 4. The van der Waals surface area contributed by atoms with E-state index in [-0.39, 0.29) is 4.91 Å². The topological polar surface area (TPSA) is 52.6 Å². The van der Waals surface area contributed by atoms with Crippen molar-refractivity contribution in [1.82, 2.24) is 0 Å². The van der Waals surface area contributed by atoms with Crippen molar-refractivity contribution in [3.05, 3.63) is 70.1 Å². The molecule has 4 nitrogen and oxygen atoms in total. The van der Waals surface area contributed by atoms with Crippen LogP contribution < -0.4 is 4.18 Å². The molecule has 0 spiro atoms. The smallest absolute Gasteiger partial charge is 0.338 e. The van der Waals surface area contributed by atoms with Crippen molar-refractivity contribution in [2.75, 3.05) is 7.11 Å². The number of methoxy groups -OCH3 is 1. The highest BCUT2D eigenvalue weighted by Crippen LogP contribution is 2.38. The lowest BCUT2D eigenvalue weighted by Crippen LogP contribution is -2.21. The fraction of sp³-hybridized carbons (Fsp3) is 0.176. The van der Waals surface area contributed by atoms with Crippen molar-refractivity contribution < 1.29 is 17.3 Å². The quantitative estimate of drug-likeness (QED) is 0.814. The Balaban J connectivity index is 2.11. The summed E-state index contributed by atoms with van der Waals surface area (Å²) in [4.78, 5) is 0.109. The Morgan fingerprint density at radius 1 is 1.05 bits per heavy atom. The third-order valence-electron chi connectivity index (χ3n) is 3.58. The van der Waals surface area contributed by atoms with Crippen LogP contribution in [0.15, 0.2) is 53.4 Å². The molecular formula is C17H16O4S. The first-order chi connectivity index (χ1) is 10.5. The highest BCUT2D eigenvalue weighted by atomic mass is 32.2. The van der Waals surface area contributed by atoms with Crippen molar-refractivity contribution in [3.8, 4) is 5.75 Å². The van der Waals surface area contributed by atoms with Crippen LogP contribution in [-0.4, -0.2) is 15.5 Å². The van der Waals surface area contributed by atoms with Gasteiger partial charge in [0.1, 0.15) is 16.8 Å². The van der Waals surface area contributed by atoms with E-state index >= 15 is 0 Å². The van der Waals surface area contributed by atoms with E-state index in [2.05, 4.69) is 0 Å². The molecule has 22 heavy (non-hydrogen) atoms. The normalized spacial score (nSPS) is 17.1. The van der Waals surface area contributed by atoms with Crippen LogP contribution in [0.25, 0.3) is 6.08 Å². The molecule has 0 saturated carbocycles. The lowest BCUT2D eigenvalue weighted by molar-refractivity contribution is 0.138. The van der Waals surface area contributed by atoms with Gasteiger partial charge in [-0.25, -0.2) is 0 Å². The minimum absolute atomic E-state index is 0.109. The highest BCUT2D eigenvalue weighted by Gasteiger charge is 2.33. The molecule has 1 unspecified atom stereocenters. The number of para-hydroxylation sites is 1. The van der Waals surface area contributed by atoms with E-state index in [4.69, 9.17) is 8.92 Å². The first-order valence-corrected chi connectivity index (χ1v) is 8.26. The molecular weight excluding hydrogens is 300 g/mol. The van der Waals surface area contributed by atoms with Gasteiger partial charge in [-0.15, -0.1) is 0 Å². The van der Waals surface area contributed by atoms with E-state index in [9.17, 15) is 8.42 Å². The molecule has 3 rings (SSSR count). The van der Waals surface area contributed by atoms with Gasteiger partial charge in [-0.2, -0.15) is 8.42 Å². The third kappa shape index (κ3) is 2.65. The molecule has 1 aliphatic rings. The van der Waals surface area contributed by atoms with E-state index in [1.165, 1.54) is 7.11 Å². The maximum absolute atomic E-state index is 12.4. The Labute approximate surface area is 130 Å². The zero-order chi connectivity index (χ0) is 15.7. The Bertz CT molecular complexity index is 820. The van der Waals surface area contributed by atoms with Crippen LogP contribution in [0, 0.1) is 6.92 Å². The molecule has 2 aromatic rings. The molecule has 1 aliphatic heterocycles. The van der Waals surface area contributed by atoms with E-state index in [1.807, 2.05) is 43.3 Å². The second kappa shape index (κ2) is 5.59. The van der Waals surface area contributed by atoms with Crippen LogP contribution in [0.2, 0.25) is 0 Å². The molecule has 0 N–H and O–H groups in total. The Morgan fingerprint density at radius 2 is 1.73 bits per heavy atom. The third-order valence-corrected chi connectivity index (χ3v) is 4.89. The van der Waals surface area contributed by atoms with E-state index in [0.717, 1.165) is 16.7 Å². The number of fused-ring (bicyclic) bond motifs is 1. The van der Waals surface area contributed by atoms with Crippen molar-refractivity contribution in [2.45, 2.75) is 13.0 Å². The number of aryl methyl sites for hydroxylation is 1. The minimum Gasteiger partial charge on any atom is -0.378 e. The lowest BCUT2D eigenvalue weighted by Gasteiger charge is -2.23. The maximum Gasteiger partial charge on any atom is 0.338 e. The molecule has 0 amide bonds. The minimum atomic E-state index is -3.87. The van der Waals surface area contributed by atoms with Gasteiger partial charge in [-0.1, -0.05) is 48.0 Å². The summed E-state index contributed by atoms with van der Waals surface area (Å²) in [6.45, 7) is 1.97. The van der Waals surface area contributed by atoms with Crippen LogP contribution in [0.1, 0.15) is 22.8 Å². The molecule has 0 saturated heterocycles. The summed E-state index contributed by atoms with van der Waals surface area (Å²) in [7, 11) is -2.38. The van der Waals surface area contributed by atoms with E-state index in [0.29, 0.717) is 5.75 Å². The zero-order valence-electron chi connectivity index (χ0n) is 12.3. The van der Waals surface area contributed by atoms with E-state index < -0.39 is 16.2 Å². The Morgan fingerprint density at radius 3 is 2.41 bits per heavy atom. The zero-order valence-corrected chi connectivity index (χ0v) is 13.1. The molecule has 114 valence electrons. The first-order valence-electron chi connectivity index (χ1n) is 6.86.